The zero-order valence-corrected chi connectivity index (χ0v) is 10.8. The van der Waals surface area contributed by atoms with Crippen molar-refractivity contribution in [1.29, 1.82) is 0 Å². The number of benzene rings is 1. The van der Waals surface area contributed by atoms with Gasteiger partial charge in [0, 0.05) is 11.3 Å². The molecule has 0 saturated carbocycles. The second-order valence-electron chi connectivity index (χ2n) is 3.49. The van der Waals surface area contributed by atoms with Crippen molar-refractivity contribution in [2.75, 3.05) is 6.26 Å². The fraction of sp³-hybridized carbons (Fsp3) is 0.400. The molecule has 2 atom stereocenters. The van der Waals surface area contributed by atoms with Crippen molar-refractivity contribution in [2.24, 2.45) is 0 Å². The lowest BCUT2D eigenvalue weighted by atomic mass is 10.1. The average Bonchev–Trinajstić information content (AvgIpc) is 2.15. The molecule has 1 rings (SSSR count). The van der Waals surface area contributed by atoms with Crippen LogP contribution in [0.1, 0.15) is 17.9 Å². The van der Waals surface area contributed by atoms with Crippen molar-refractivity contribution in [3.63, 3.8) is 0 Å². The molecule has 0 aliphatic rings. The Morgan fingerprint density at radius 2 is 1.67 bits per heavy atom. The predicted molar refractivity (Wildman–Crippen MR) is 64.4 cm³/mol. The Morgan fingerprint density at radius 3 is 2.07 bits per heavy atom. The van der Waals surface area contributed by atoms with Gasteiger partial charge in [-0.3, -0.25) is 0 Å². The quantitative estimate of drug-likeness (QED) is 0.789. The van der Waals surface area contributed by atoms with E-state index in [-0.39, 0.29) is 0 Å². The smallest absolute Gasteiger partial charge is 0.151 e. The van der Waals surface area contributed by atoms with Crippen LogP contribution in [0.4, 0.5) is 0 Å². The van der Waals surface area contributed by atoms with Gasteiger partial charge in [-0.05, 0) is 24.6 Å². The summed E-state index contributed by atoms with van der Waals surface area (Å²) in [6.07, 6.45) is 1.18. The Labute approximate surface area is 100 Å². The van der Waals surface area contributed by atoms with Crippen LogP contribution in [0.15, 0.2) is 24.3 Å². The number of halogens is 2. The Bertz CT molecular complexity index is 425. The molecule has 5 heteroatoms. The molecule has 2 nitrogen and oxygen atoms in total. The molecule has 0 heterocycles. The van der Waals surface area contributed by atoms with Crippen molar-refractivity contribution < 1.29 is 8.42 Å². The van der Waals surface area contributed by atoms with Gasteiger partial charge in [0.25, 0.3) is 0 Å². The fourth-order valence-corrected chi connectivity index (χ4v) is 2.56. The number of rotatable bonds is 3. The summed E-state index contributed by atoms with van der Waals surface area (Å²) in [6.45, 7) is 1.60. The van der Waals surface area contributed by atoms with Crippen LogP contribution >= 0.6 is 23.2 Å². The topological polar surface area (TPSA) is 34.1 Å². The average molecular weight is 267 g/mol. The maximum absolute atomic E-state index is 11.3. The van der Waals surface area contributed by atoms with Crippen LogP contribution in [0.2, 0.25) is 5.02 Å². The van der Waals surface area contributed by atoms with E-state index in [1.807, 2.05) is 0 Å². The van der Waals surface area contributed by atoms with Crippen LogP contribution in [0, 0.1) is 0 Å². The van der Waals surface area contributed by atoms with E-state index < -0.39 is 20.5 Å². The zero-order chi connectivity index (χ0) is 11.6. The Kier molecular flexibility index (Phi) is 4.04. The van der Waals surface area contributed by atoms with Gasteiger partial charge in [-0.2, -0.15) is 0 Å². The molecule has 0 amide bonds. The lowest BCUT2D eigenvalue weighted by Crippen LogP contribution is -2.21. The SMILES string of the molecule is CC(C(Cl)c1ccc(Cl)cc1)S(C)(=O)=O. The van der Waals surface area contributed by atoms with Crippen molar-refractivity contribution in [1.82, 2.24) is 0 Å². The van der Waals surface area contributed by atoms with E-state index in [1.54, 1.807) is 31.2 Å². The molecule has 84 valence electrons. The van der Waals surface area contributed by atoms with Gasteiger partial charge < -0.3 is 0 Å². The van der Waals surface area contributed by atoms with E-state index in [4.69, 9.17) is 23.2 Å². The van der Waals surface area contributed by atoms with Crippen LogP contribution in [-0.2, 0) is 9.84 Å². The molecule has 0 aliphatic heterocycles. The predicted octanol–water partition coefficient (Wildman–Crippen LogP) is 3.05. The van der Waals surface area contributed by atoms with Gasteiger partial charge in [0.2, 0.25) is 0 Å². The first kappa shape index (κ1) is 12.8. The van der Waals surface area contributed by atoms with E-state index in [0.29, 0.717) is 5.02 Å². The Hall–Kier alpha value is -0.250. The van der Waals surface area contributed by atoms with Gasteiger partial charge in [0.15, 0.2) is 9.84 Å². The summed E-state index contributed by atoms with van der Waals surface area (Å²) in [7, 11) is -3.13. The summed E-state index contributed by atoms with van der Waals surface area (Å²) in [4.78, 5) is 0. The standard InChI is InChI=1S/C10H12Cl2O2S/c1-7(15(2,13)14)10(12)8-3-5-9(11)6-4-8/h3-7,10H,1-2H3. The van der Waals surface area contributed by atoms with Crippen molar-refractivity contribution in [3.05, 3.63) is 34.9 Å². The summed E-state index contributed by atoms with van der Waals surface area (Å²) < 4.78 is 22.6. The van der Waals surface area contributed by atoms with E-state index >= 15 is 0 Å². The van der Waals surface area contributed by atoms with Crippen LogP contribution in [-0.4, -0.2) is 19.9 Å². The molecule has 0 saturated heterocycles. The van der Waals surface area contributed by atoms with Gasteiger partial charge in [-0.15, -0.1) is 11.6 Å². The fourth-order valence-electron chi connectivity index (χ4n) is 1.13. The van der Waals surface area contributed by atoms with E-state index in [9.17, 15) is 8.42 Å². The van der Waals surface area contributed by atoms with Gasteiger partial charge >= 0.3 is 0 Å². The second kappa shape index (κ2) is 4.73. The molecule has 2 unspecified atom stereocenters. The summed E-state index contributed by atoms with van der Waals surface area (Å²) in [6, 6.07) is 6.87. The highest BCUT2D eigenvalue weighted by Gasteiger charge is 2.25. The third-order valence-electron chi connectivity index (χ3n) is 2.28. The van der Waals surface area contributed by atoms with Crippen LogP contribution in [0.3, 0.4) is 0 Å². The monoisotopic (exact) mass is 266 g/mol. The minimum Gasteiger partial charge on any atom is -0.229 e. The van der Waals surface area contributed by atoms with Gasteiger partial charge in [0.1, 0.15) is 0 Å². The largest absolute Gasteiger partial charge is 0.229 e. The first-order chi connectivity index (χ1) is 6.82. The maximum atomic E-state index is 11.3. The number of sulfone groups is 1. The number of hydrogen-bond donors (Lipinski definition) is 0. The van der Waals surface area contributed by atoms with Crippen LogP contribution < -0.4 is 0 Å². The van der Waals surface area contributed by atoms with Crippen LogP contribution in [0.5, 0.6) is 0 Å². The van der Waals surface area contributed by atoms with Crippen molar-refractivity contribution >= 4 is 33.0 Å². The molecule has 0 bridgehead atoms. The molecule has 0 N–H and O–H groups in total. The molecule has 0 fully saturated rings. The molecular formula is C10H12Cl2O2S. The molecule has 0 spiro atoms. The summed E-state index contributed by atoms with van der Waals surface area (Å²) in [5.41, 5.74) is 0.763. The van der Waals surface area contributed by atoms with Crippen molar-refractivity contribution in [2.45, 2.75) is 17.6 Å². The first-order valence-electron chi connectivity index (χ1n) is 4.41. The molecular weight excluding hydrogens is 255 g/mol. The van der Waals surface area contributed by atoms with Crippen LogP contribution in [0.25, 0.3) is 0 Å². The van der Waals surface area contributed by atoms with E-state index in [2.05, 4.69) is 0 Å². The van der Waals surface area contributed by atoms with Gasteiger partial charge in [-0.1, -0.05) is 23.7 Å². The normalized spacial score (nSPS) is 16.0. The van der Waals surface area contributed by atoms with Gasteiger partial charge in [-0.25, -0.2) is 8.42 Å². The molecule has 1 aromatic rings. The first-order valence-corrected chi connectivity index (χ1v) is 7.17. The third-order valence-corrected chi connectivity index (χ3v) is 4.93. The number of alkyl halides is 1. The summed E-state index contributed by atoms with van der Waals surface area (Å²) in [5.74, 6) is 0. The molecule has 0 aliphatic carbocycles. The highest BCUT2D eigenvalue weighted by molar-refractivity contribution is 7.91. The molecule has 15 heavy (non-hydrogen) atoms. The van der Waals surface area contributed by atoms with Gasteiger partial charge in [0.05, 0.1) is 10.6 Å². The molecule has 0 radical (unpaired) electrons. The zero-order valence-electron chi connectivity index (χ0n) is 8.44. The minimum absolute atomic E-state index is 0.544. The highest BCUT2D eigenvalue weighted by Crippen LogP contribution is 2.28. The molecule has 1 aromatic carbocycles. The minimum atomic E-state index is -3.13. The van der Waals surface area contributed by atoms with E-state index in [0.717, 1.165) is 5.56 Å². The maximum Gasteiger partial charge on any atom is 0.151 e. The number of hydrogen-bond acceptors (Lipinski definition) is 2. The third kappa shape index (κ3) is 3.37. The Balaban J connectivity index is 2.95. The van der Waals surface area contributed by atoms with E-state index in [1.165, 1.54) is 6.26 Å². The van der Waals surface area contributed by atoms with Crippen molar-refractivity contribution in [3.8, 4) is 0 Å². The lowest BCUT2D eigenvalue weighted by Gasteiger charge is -2.16. The molecule has 0 aromatic heterocycles. The summed E-state index contributed by atoms with van der Waals surface area (Å²) >= 11 is 11.8. The second-order valence-corrected chi connectivity index (χ2v) is 6.80. The summed E-state index contributed by atoms with van der Waals surface area (Å²) in [5, 5.41) is -0.549. The Morgan fingerprint density at radius 1 is 1.20 bits per heavy atom. The highest BCUT2D eigenvalue weighted by atomic mass is 35.5. The lowest BCUT2D eigenvalue weighted by molar-refractivity contribution is 0.587.